The number of aliphatic carboxylic acids is 1. The second-order valence-electron chi connectivity index (χ2n) is 7.98. The number of carboxylic acids is 1. The van der Waals surface area contributed by atoms with Gasteiger partial charge in [0.2, 0.25) is 0 Å². The van der Waals surface area contributed by atoms with Crippen molar-refractivity contribution in [2.24, 2.45) is 5.92 Å². The van der Waals surface area contributed by atoms with Crippen molar-refractivity contribution in [2.75, 3.05) is 6.54 Å². The normalized spacial score (nSPS) is 24.1. The molecule has 4 heteroatoms. The predicted molar refractivity (Wildman–Crippen MR) is 83.0 cm³/mol. The van der Waals surface area contributed by atoms with Gasteiger partial charge in [0.05, 0.1) is 5.92 Å². The standard InChI is InChI=1S/C16H32N2O2/c1-11(2)18(10-12(3)14(19)20)13-8-15(4,5)17-16(6,7)9-13/h11-13,17H,8-10H2,1-7H3,(H,19,20). The summed E-state index contributed by atoms with van der Waals surface area (Å²) in [6.45, 7) is 15.7. The first-order valence-electron chi connectivity index (χ1n) is 7.71. The minimum absolute atomic E-state index is 0.0893. The molecule has 0 aliphatic carbocycles. The van der Waals surface area contributed by atoms with Crippen molar-refractivity contribution >= 4 is 5.97 Å². The molecule has 118 valence electrons. The molecule has 0 saturated carbocycles. The summed E-state index contributed by atoms with van der Waals surface area (Å²) in [6.07, 6.45) is 2.11. The van der Waals surface area contributed by atoms with Crippen molar-refractivity contribution < 1.29 is 9.90 Å². The van der Waals surface area contributed by atoms with Gasteiger partial charge < -0.3 is 10.4 Å². The van der Waals surface area contributed by atoms with Gasteiger partial charge in [0, 0.05) is 29.7 Å². The molecule has 1 saturated heterocycles. The molecule has 4 nitrogen and oxygen atoms in total. The summed E-state index contributed by atoms with van der Waals surface area (Å²) in [5.74, 6) is -1.03. The van der Waals surface area contributed by atoms with E-state index in [0.29, 0.717) is 18.6 Å². The van der Waals surface area contributed by atoms with Gasteiger partial charge in [0.15, 0.2) is 0 Å². The van der Waals surface area contributed by atoms with Crippen molar-refractivity contribution in [1.82, 2.24) is 10.2 Å². The maximum Gasteiger partial charge on any atom is 0.307 e. The van der Waals surface area contributed by atoms with Crippen molar-refractivity contribution in [3.8, 4) is 0 Å². The van der Waals surface area contributed by atoms with Crippen LogP contribution in [-0.4, -0.2) is 45.7 Å². The van der Waals surface area contributed by atoms with Gasteiger partial charge in [-0.2, -0.15) is 0 Å². The molecule has 0 spiro atoms. The van der Waals surface area contributed by atoms with Crippen LogP contribution in [0.5, 0.6) is 0 Å². The van der Waals surface area contributed by atoms with Crippen LogP contribution in [0.15, 0.2) is 0 Å². The van der Waals surface area contributed by atoms with Gasteiger partial charge in [-0.15, -0.1) is 0 Å². The summed E-state index contributed by atoms with van der Waals surface area (Å²) < 4.78 is 0. The van der Waals surface area contributed by atoms with Gasteiger partial charge in [-0.3, -0.25) is 9.69 Å². The van der Waals surface area contributed by atoms with E-state index in [0.717, 1.165) is 12.8 Å². The third-order valence-corrected chi connectivity index (χ3v) is 4.21. The van der Waals surface area contributed by atoms with Crippen LogP contribution in [0.2, 0.25) is 0 Å². The fourth-order valence-electron chi connectivity index (χ4n) is 3.68. The molecule has 20 heavy (non-hydrogen) atoms. The van der Waals surface area contributed by atoms with E-state index in [9.17, 15) is 9.90 Å². The fraction of sp³-hybridized carbons (Fsp3) is 0.938. The lowest BCUT2D eigenvalue weighted by molar-refractivity contribution is -0.142. The number of hydrogen-bond acceptors (Lipinski definition) is 3. The Morgan fingerprint density at radius 3 is 2.00 bits per heavy atom. The van der Waals surface area contributed by atoms with Gasteiger partial charge in [0.1, 0.15) is 0 Å². The molecule has 1 rings (SSSR count). The first-order chi connectivity index (χ1) is 8.93. The smallest absolute Gasteiger partial charge is 0.307 e. The Kier molecular flexibility index (Phi) is 5.25. The van der Waals surface area contributed by atoms with Crippen LogP contribution in [0.25, 0.3) is 0 Å². The quantitative estimate of drug-likeness (QED) is 0.815. The second-order valence-corrected chi connectivity index (χ2v) is 7.98. The topological polar surface area (TPSA) is 52.6 Å². The number of carboxylic acid groups (broad SMARTS) is 1. The Morgan fingerprint density at radius 2 is 1.65 bits per heavy atom. The fourth-order valence-corrected chi connectivity index (χ4v) is 3.68. The highest BCUT2D eigenvalue weighted by Crippen LogP contribution is 2.32. The molecule has 1 unspecified atom stereocenters. The van der Waals surface area contributed by atoms with E-state index in [4.69, 9.17) is 0 Å². The molecule has 2 N–H and O–H groups in total. The lowest BCUT2D eigenvalue weighted by Crippen LogP contribution is -2.63. The molecule has 0 amide bonds. The van der Waals surface area contributed by atoms with Crippen LogP contribution in [0, 0.1) is 5.92 Å². The second kappa shape index (κ2) is 6.02. The highest BCUT2D eigenvalue weighted by molar-refractivity contribution is 5.69. The van der Waals surface area contributed by atoms with Crippen LogP contribution in [0.3, 0.4) is 0 Å². The first kappa shape index (κ1) is 17.4. The number of nitrogens with one attached hydrogen (secondary N) is 1. The number of carbonyl (C=O) groups is 1. The van der Waals surface area contributed by atoms with Crippen LogP contribution in [0.4, 0.5) is 0 Å². The first-order valence-corrected chi connectivity index (χ1v) is 7.71. The van der Waals surface area contributed by atoms with E-state index in [2.05, 4.69) is 51.8 Å². The van der Waals surface area contributed by atoms with E-state index in [1.54, 1.807) is 6.92 Å². The zero-order valence-corrected chi connectivity index (χ0v) is 14.2. The van der Waals surface area contributed by atoms with Crippen LogP contribution in [-0.2, 0) is 4.79 Å². The van der Waals surface area contributed by atoms with Gasteiger partial charge in [0.25, 0.3) is 0 Å². The highest BCUT2D eigenvalue weighted by atomic mass is 16.4. The molecule has 1 fully saturated rings. The summed E-state index contributed by atoms with van der Waals surface area (Å²) in [7, 11) is 0. The Hall–Kier alpha value is -0.610. The zero-order valence-electron chi connectivity index (χ0n) is 14.2. The summed E-state index contributed by atoms with van der Waals surface area (Å²) >= 11 is 0. The van der Waals surface area contributed by atoms with Crippen LogP contribution < -0.4 is 5.32 Å². The number of piperidine rings is 1. The summed E-state index contributed by atoms with van der Waals surface area (Å²) in [6, 6.07) is 0.801. The van der Waals surface area contributed by atoms with Gasteiger partial charge in [-0.25, -0.2) is 0 Å². The lowest BCUT2D eigenvalue weighted by Gasteiger charge is -2.51. The average Bonchev–Trinajstić information content (AvgIpc) is 2.19. The minimum atomic E-state index is -0.705. The largest absolute Gasteiger partial charge is 0.481 e. The molecular formula is C16H32N2O2. The lowest BCUT2D eigenvalue weighted by atomic mass is 9.78. The maximum absolute atomic E-state index is 11.2. The molecule has 1 aliphatic heterocycles. The van der Waals surface area contributed by atoms with Crippen molar-refractivity contribution in [3.05, 3.63) is 0 Å². The third kappa shape index (κ3) is 4.74. The molecule has 0 aromatic carbocycles. The number of nitrogens with zero attached hydrogens (tertiary/aromatic N) is 1. The molecule has 1 atom stereocenters. The van der Waals surface area contributed by atoms with E-state index < -0.39 is 5.97 Å². The molecule has 0 aromatic heterocycles. The van der Waals surface area contributed by atoms with E-state index >= 15 is 0 Å². The Bertz CT molecular complexity index is 334. The Balaban J connectivity index is 2.88. The van der Waals surface area contributed by atoms with E-state index in [1.807, 2.05) is 0 Å². The van der Waals surface area contributed by atoms with Crippen LogP contribution in [0.1, 0.15) is 61.3 Å². The maximum atomic E-state index is 11.2. The molecule has 0 radical (unpaired) electrons. The van der Waals surface area contributed by atoms with E-state index in [1.165, 1.54) is 0 Å². The zero-order chi connectivity index (χ0) is 15.7. The van der Waals surface area contributed by atoms with Crippen LogP contribution >= 0.6 is 0 Å². The van der Waals surface area contributed by atoms with Crippen molar-refractivity contribution in [3.63, 3.8) is 0 Å². The summed E-state index contributed by atoms with van der Waals surface area (Å²) in [5, 5.41) is 12.9. The average molecular weight is 284 g/mol. The highest BCUT2D eigenvalue weighted by Gasteiger charge is 2.40. The van der Waals surface area contributed by atoms with E-state index in [-0.39, 0.29) is 17.0 Å². The molecule has 1 aliphatic rings. The van der Waals surface area contributed by atoms with Gasteiger partial charge in [-0.1, -0.05) is 6.92 Å². The van der Waals surface area contributed by atoms with Crippen molar-refractivity contribution in [1.29, 1.82) is 0 Å². The number of rotatable bonds is 5. The Morgan fingerprint density at radius 1 is 1.20 bits per heavy atom. The van der Waals surface area contributed by atoms with Crippen molar-refractivity contribution in [2.45, 2.75) is 84.5 Å². The summed E-state index contributed by atoms with van der Waals surface area (Å²) in [4.78, 5) is 13.5. The molecular weight excluding hydrogens is 252 g/mol. The predicted octanol–water partition coefficient (Wildman–Crippen LogP) is 2.73. The third-order valence-electron chi connectivity index (χ3n) is 4.21. The Labute approximate surface area is 123 Å². The summed E-state index contributed by atoms with van der Waals surface area (Å²) in [5.41, 5.74) is 0.179. The SMILES string of the molecule is CC(CN(C(C)C)C1CC(C)(C)NC(C)(C)C1)C(=O)O. The molecule has 0 aromatic rings. The van der Waals surface area contributed by atoms with Gasteiger partial charge in [-0.05, 0) is 54.4 Å². The minimum Gasteiger partial charge on any atom is -0.481 e. The molecule has 0 bridgehead atoms. The van der Waals surface area contributed by atoms with Gasteiger partial charge >= 0.3 is 5.97 Å². The monoisotopic (exact) mass is 284 g/mol. The molecule has 1 heterocycles. The number of hydrogen-bond donors (Lipinski definition) is 2.